The van der Waals surface area contributed by atoms with Crippen LogP contribution in [-0.2, 0) is 13.5 Å². The number of nitriles is 1. The second-order valence-electron chi connectivity index (χ2n) is 2.53. The van der Waals surface area contributed by atoms with E-state index >= 15 is 0 Å². The second kappa shape index (κ2) is 3.77. The highest BCUT2D eigenvalue weighted by Gasteiger charge is 1.94. The summed E-state index contributed by atoms with van der Waals surface area (Å²) in [6, 6.07) is 2.12. The Kier molecular flexibility index (Phi) is 2.67. The summed E-state index contributed by atoms with van der Waals surface area (Å²) < 4.78 is 1.78. The Morgan fingerprint density at radius 2 is 2.55 bits per heavy atom. The van der Waals surface area contributed by atoms with Gasteiger partial charge in [-0.2, -0.15) is 10.4 Å². The molecular weight excluding hydrogens is 138 g/mol. The molecule has 58 valence electrons. The van der Waals surface area contributed by atoms with Gasteiger partial charge in [0.15, 0.2) is 0 Å². The van der Waals surface area contributed by atoms with Gasteiger partial charge in [-0.1, -0.05) is 0 Å². The van der Waals surface area contributed by atoms with Gasteiger partial charge in [0.25, 0.3) is 0 Å². The van der Waals surface area contributed by atoms with E-state index in [2.05, 4.69) is 11.2 Å². The summed E-state index contributed by atoms with van der Waals surface area (Å²) >= 11 is 0. The summed E-state index contributed by atoms with van der Waals surface area (Å²) in [6.07, 6.45) is 6.35. The highest BCUT2D eigenvalue weighted by Crippen LogP contribution is 2.01. The van der Waals surface area contributed by atoms with E-state index in [-0.39, 0.29) is 0 Å². The monoisotopic (exact) mass is 149 g/mol. The summed E-state index contributed by atoms with van der Waals surface area (Å²) in [7, 11) is 1.90. The van der Waals surface area contributed by atoms with Gasteiger partial charge in [-0.15, -0.1) is 0 Å². The van der Waals surface area contributed by atoms with Gasteiger partial charge in [-0.05, 0) is 18.4 Å². The second-order valence-corrected chi connectivity index (χ2v) is 2.53. The predicted molar refractivity (Wildman–Crippen MR) is 41.8 cm³/mol. The van der Waals surface area contributed by atoms with Crippen LogP contribution >= 0.6 is 0 Å². The van der Waals surface area contributed by atoms with Gasteiger partial charge in [0.05, 0.1) is 12.3 Å². The first kappa shape index (κ1) is 7.80. The highest BCUT2D eigenvalue weighted by atomic mass is 15.2. The van der Waals surface area contributed by atoms with Gasteiger partial charge in [0.2, 0.25) is 0 Å². The molecule has 0 aliphatic carbocycles. The molecule has 3 heteroatoms. The fraction of sp³-hybridized carbons (Fsp3) is 0.500. The average Bonchev–Trinajstić information content (AvgIpc) is 2.37. The molecule has 0 aromatic carbocycles. The molecule has 0 aliphatic rings. The Labute approximate surface area is 66.3 Å². The van der Waals surface area contributed by atoms with E-state index in [1.807, 2.05) is 19.4 Å². The van der Waals surface area contributed by atoms with Crippen LogP contribution in [0.5, 0.6) is 0 Å². The molecule has 1 rings (SSSR count). The fourth-order valence-electron chi connectivity index (χ4n) is 0.973. The lowest BCUT2D eigenvalue weighted by atomic mass is 10.2. The minimum absolute atomic E-state index is 0.634. The van der Waals surface area contributed by atoms with Crippen LogP contribution in [0, 0.1) is 11.3 Å². The molecule has 0 N–H and O–H groups in total. The van der Waals surface area contributed by atoms with Gasteiger partial charge in [0, 0.05) is 19.7 Å². The standard InChI is InChI=1S/C8H11N3/c1-11-7-8(6-10-11)4-2-3-5-9/h6-7H,2-4H2,1H3. The molecule has 0 amide bonds. The van der Waals surface area contributed by atoms with Crippen molar-refractivity contribution in [2.45, 2.75) is 19.3 Å². The SMILES string of the molecule is Cn1cc(CCCC#N)cn1. The predicted octanol–water partition coefficient (Wildman–Crippen LogP) is 1.27. The quantitative estimate of drug-likeness (QED) is 0.607. The van der Waals surface area contributed by atoms with E-state index < -0.39 is 0 Å². The van der Waals surface area contributed by atoms with E-state index in [4.69, 9.17) is 5.26 Å². The van der Waals surface area contributed by atoms with Gasteiger partial charge in [-0.25, -0.2) is 0 Å². The Morgan fingerprint density at radius 1 is 1.73 bits per heavy atom. The first-order valence-corrected chi connectivity index (χ1v) is 3.67. The fourth-order valence-corrected chi connectivity index (χ4v) is 0.973. The maximum absolute atomic E-state index is 8.28. The molecule has 0 saturated carbocycles. The normalized spacial score (nSPS) is 9.45. The number of rotatable bonds is 3. The Balaban J connectivity index is 2.34. The summed E-state index contributed by atoms with van der Waals surface area (Å²) in [5.41, 5.74) is 1.21. The first-order valence-electron chi connectivity index (χ1n) is 3.67. The van der Waals surface area contributed by atoms with E-state index in [1.165, 1.54) is 5.56 Å². The lowest BCUT2D eigenvalue weighted by Crippen LogP contribution is -1.85. The van der Waals surface area contributed by atoms with Crippen molar-refractivity contribution >= 4 is 0 Å². The summed E-state index contributed by atoms with van der Waals surface area (Å²) in [5.74, 6) is 0. The van der Waals surface area contributed by atoms with Crippen LogP contribution in [0.4, 0.5) is 0 Å². The van der Waals surface area contributed by atoms with Crippen molar-refractivity contribution in [3.63, 3.8) is 0 Å². The molecule has 0 spiro atoms. The smallest absolute Gasteiger partial charge is 0.0621 e. The molecule has 0 unspecified atom stereocenters. The highest BCUT2D eigenvalue weighted by molar-refractivity contribution is 5.03. The van der Waals surface area contributed by atoms with Crippen molar-refractivity contribution in [1.29, 1.82) is 5.26 Å². The van der Waals surface area contributed by atoms with Gasteiger partial charge in [0.1, 0.15) is 0 Å². The van der Waals surface area contributed by atoms with E-state index in [9.17, 15) is 0 Å². The molecule has 0 saturated heterocycles. The van der Waals surface area contributed by atoms with Crippen molar-refractivity contribution in [2.75, 3.05) is 0 Å². The molecule has 0 bridgehead atoms. The topological polar surface area (TPSA) is 41.6 Å². The third kappa shape index (κ3) is 2.42. The van der Waals surface area contributed by atoms with Crippen molar-refractivity contribution in [2.24, 2.45) is 7.05 Å². The summed E-state index contributed by atoms with van der Waals surface area (Å²) in [5, 5.41) is 12.3. The Hall–Kier alpha value is -1.30. The largest absolute Gasteiger partial charge is 0.276 e. The zero-order valence-electron chi connectivity index (χ0n) is 6.62. The number of nitrogens with zero attached hydrogens (tertiary/aromatic N) is 3. The van der Waals surface area contributed by atoms with Crippen LogP contribution in [0.1, 0.15) is 18.4 Å². The molecule has 1 aromatic heterocycles. The summed E-state index contributed by atoms with van der Waals surface area (Å²) in [4.78, 5) is 0. The van der Waals surface area contributed by atoms with E-state index in [1.54, 1.807) is 4.68 Å². The molecule has 0 aliphatic heterocycles. The van der Waals surface area contributed by atoms with Crippen molar-refractivity contribution < 1.29 is 0 Å². The summed E-state index contributed by atoms with van der Waals surface area (Å²) in [6.45, 7) is 0. The van der Waals surface area contributed by atoms with Gasteiger partial charge in [-0.3, -0.25) is 4.68 Å². The van der Waals surface area contributed by atoms with Crippen LogP contribution in [0.3, 0.4) is 0 Å². The molecule has 0 radical (unpaired) electrons. The number of aryl methyl sites for hydroxylation is 2. The van der Waals surface area contributed by atoms with Crippen molar-refractivity contribution in [3.8, 4) is 6.07 Å². The lowest BCUT2D eigenvalue weighted by Gasteiger charge is -1.89. The zero-order chi connectivity index (χ0) is 8.10. The number of hydrogen-bond acceptors (Lipinski definition) is 2. The molecule has 0 fully saturated rings. The van der Waals surface area contributed by atoms with Crippen LogP contribution in [0.25, 0.3) is 0 Å². The third-order valence-corrected chi connectivity index (χ3v) is 1.51. The molecular formula is C8H11N3. The Bertz CT molecular complexity index is 257. The van der Waals surface area contributed by atoms with Crippen LogP contribution in [0.15, 0.2) is 12.4 Å². The number of hydrogen-bond donors (Lipinski definition) is 0. The van der Waals surface area contributed by atoms with Crippen LogP contribution in [-0.4, -0.2) is 9.78 Å². The lowest BCUT2D eigenvalue weighted by molar-refractivity contribution is 0.765. The maximum Gasteiger partial charge on any atom is 0.0621 e. The minimum Gasteiger partial charge on any atom is -0.276 e. The Morgan fingerprint density at radius 3 is 3.09 bits per heavy atom. The van der Waals surface area contributed by atoms with Crippen molar-refractivity contribution in [3.05, 3.63) is 18.0 Å². The number of unbranched alkanes of at least 4 members (excludes halogenated alkanes) is 1. The molecule has 1 aromatic rings. The maximum atomic E-state index is 8.28. The average molecular weight is 149 g/mol. The van der Waals surface area contributed by atoms with Gasteiger partial charge < -0.3 is 0 Å². The first-order chi connectivity index (χ1) is 5.33. The molecule has 3 nitrogen and oxygen atoms in total. The van der Waals surface area contributed by atoms with E-state index in [0.29, 0.717) is 6.42 Å². The zero-order valence-corrected chi connectivity index (χ0v) is 6.62. The van der Waals surface area contributed by atoms with Crippen molar-refractivity contribution in [1.82, 2.24) is 9.78 Å². The third-order valence-electron chi connectivity index (χ3n) is 1.51. The van der Waals surface area contributed by atoms with E-state index in [0.717, 1.165) is 12.8 Å². The minimum atomic E-state index is 0.634. The van der Waals surface area contributed by atoms with Crippen LogP contribution < -0.4 is 0 Å². The number of aromatic nitrogens is 2. The molecule has 1 heterocycles. The molecule has 11 heavy (non-hydrogen) atoms. The van der Waals surface area contributed by atoms with Crippen LogP contribution in [0.2, 0.25) is 0 Å². The molecule has 0 atom stereocenters. The van der Waals surface area contributed by atoms with Gasteiger partial charge >= 0.3 is 0 Å².